The number of anilines is 2. The van der Waals surface area contributed by atoms with Crippen molar-refractivity contribution in [1.82, 2.24) is 4.90 Å². The molecule has 2 heterocycles. The lowest BCUT2D eigenvalue weighted by molar-refractivity contribution is -0.121. The van der Waals surface area contributed by atoms with E-state index in [1.807, 2.05) is 18.2 Å². The van der Waals surface area contributed by atoms with Gasteiger partial charge >= 0.3 is 0 Å². The molecule has 1 N–H and O–H groups in total. The van der Waals surface area contributed by atoms with Crippen molar-refractivity contribution in [3.8, 4) is 5.75 Å². The molecule has 0 bridgehead atoms. The van der Waals surface area contributed by atoms with Gasteiger partial charge in [0.1, 0.15) is 5.75 Å². The van der Waals surface area contributed by atoms with Crippen LogP contribution < -0.4 is 15.0 Å². The molecule has 4 amide bonds. The maximum atomic E-state index is 12.6. The van der Waals surface area contributed by atoms with Crippen molar-refractivity contribution in [2.75, 3.05) is 29.9 Å². The van der Waals surface area contributed by atoms with Crippen LogP contribution >= 0.6 is 0 Å². The van der Waals surface area contributed by atoms with E-state index in [9.17, 15) is 19.2 Å². The largest absolute Gasteiger partial charge is 0.482 e. The summed E-state index contributed by atoms with van der Waals surface area (Å²) in [4.78, 5) is 53.1. The van der Waals surface area contributed by atoms with Crippen LogP contribution in [-0.4, -0.2) is 48.2 Å². The number of carbonyl (C=O) groups excluding carboxylic acids is 4. The van der Waals surface area contributed by atoms with Gasteiger partial charge < -0.3 is 15.0 Å². The second kappa shape index (κ2) is 10.7. The Kier molecular flexibility index (Phi) is 6.98. The predicted octanol–water partition coefficient (Wildman–Crippen LogP) is 4.06. The third kappa shape index (κ3) is 5.23. The van der Waals surface area contributed by atoms with E-state index in [0.29, 0.717) is 41.2 Å². The zero-order valence-corrected chi connectivity index (χ0v) is 20.3. The monoisotopic (exact) mass is 497 g/mol. The fourth-order valence-electron chi connectivity index (χ4n) is 4.67. The lowest BCUT2D eigenvalue weighted by Gasteiger charge is -2.30. The minimum absolute atomic E-state index is 0.0121. The fraction of sp³-hybridized carbons (Fsp3) is 0.241. The summed E-state index contributed by atoms with van der Waals surface area (Å²) in [6.45, 7) is 0.700. The zero-order valence-electron chi connectivity index (χ0n) is 20.3. The van der Waals surface area contributed by atoms with Crippen molar-refractivity contribution in [1.29, 1.82) is 0 Å². The maximum absolute atomic E-state index is 12.6. The van der Waals surface area contributed by atoms with Crippen LogP contribution in [0.5, 0.6) is 5.75 Å². The first-order chi connectivity index (χ1) is 18.0. The number of nitrogens with zero attached hydrogens (tertiary/aromatic N) is 2. The molecule has 0 aromatic heterocycles. The third-order valence-electron chi connectivity index (χ3n) is 6.54. The molecule has 3 aromatic rings. The summed E-state index contributed by atoms with van der Waals surface area (Å²) in [6, 6.07) is 22.1. The molecule has 188 valence electrons. The van der Waals surface area contributed by atoms with E-state index in [4.69, 9.17) is 4.74 Å². The Bertz CT molecular complexity index is 1320. The van der Waals surface area contributed by atoms with Gasteiger partial charge in [-0.05, 0) is 55.2 Å². The Morgan fingerprint density at radius 2 is 1.49 bits per heavy atom. The summed E-state index contributed by atoms with van der Waals surface area (Å²) in [7, 11) is 0. The van der Waals surface area contributed by atoms with E-state index in [-0.39, 0.29) is 43.2 Å². The zero-order chi connectivity index (χ0) is 25.8. The highest BCUT2D eigenvalue weighted by Gasteiger charge is 2.34. The Morgan fingerprint density at radius 1 is 0.811 bits per heavy atom. The van der Waals surface area contributed by atoms with Gasteiger partial charge in [0, 0.05) is 25.2 Å². The maximum Gasteiger partial charge on any atom is 0.265 e. The number of hydrogen-bond donors (Lipinski definition) is 1. The summed E-state index contributed by atoms with van der Waals surface area (Å²) in [5, 5.41) is 2.85. The fourth-order valence-corrected chi connectivity index (χ4v) is 4.67. The summed E-state index contributed by atoms with van der Waals surface area (Å²) >= 11 is 0. The molecule has 0 atom stereocenters. The average Bonchev–Trinajstić information content (AvgIpc) is 3.15. The van der Waals surface area contributed by atoms with Gasteiger partial charge in [-0.2, -0.15) is 0 Å². The highest BCUT2D eigenvalue weighted by atomic mass is 16.5. The number of amides is 4. The SMILES string of the molecule is O=C(CCCN1C(=O)c2ccccc2C1=O)Nc1ccc2c(c1)N(CCCc1ccccc1)C(=O)CO2. The number of rotatable bonds is 9. The van der Waals surface area contributed by atoms with Crippen molar-refractivity contribution >= 4 is 35.0 Å². The van der Waals surface area contributed by atoms with E-state index in [2.05, 4.69) is 17.4 Å². The van der Waals surface area contributed by atoms with Crippen LogP contribution in [0.1, 0.15) is 45.5 Å². The lowest BCUT2D eigenvalue weighted by Crippen LogP contribution is -2.39. The summed E-state index contributed by atoms with van der Waals surface area (Å²) in [5.41, 5.74) is 3.20. The second-order valence-electron chi connectivity index (χ2n) is 9.06. The molecule has 37 heavy (non-hydrogen) atoms. The first-order valence-corrected chi connectivity index (χ1v) is 12.4. The molecule has 0 fully saturated rings. The van der Waals surface area contributed by atoms with Crippen LogP contribution in [0.15, 0.2) is 72.8 Å². The smallest absolute Gasteiger partial charge is 0.265 e. The molecule has 0 spiro atoms. The third-order valence-corrected chi connectivity index (χ3v) is 6.54. The van der Waals surface area contributed by atoms with Crippen LogP contribution in [0.4, 0.5) is 11.4 Å². The van der Waals surface area contributed by atoms with Gasteiger partial charge in [-0.25, -0.2) is 0 Å². The Labute approximate surface area is 214 Å². The highest BCUT2D eigenvalue weighted by molar-refractivity contribution is 6.21. The van der Waals surface area contributed by atoms with Gasteiger partial charge in [-0.1, -0.05) is 42.5 Å². The number of aryl methyl sites for hydroxylation is 1. The number of benzene rings is 3. The highest BCUT2D eigenvalue weighted by Crippen LogP contribution is 2.35. The van der Waals surface area contributed by atoms with Crippen LogP contribution in [-0.2, 0) is 16.0 Å². The van der Waals surface area contributed by atoms with E-state index in [1.165, 1.54) is 10.5 Å². The quantitative estimate of drug-likeness (QED) is 0.450. The summed E-state index contributed by atoms with van der Waals surface area (Å²) < 4.78 is 5.59. The van der Waals surface area contributed by atoms with Crippen LogP contribution in [0, 0.1) is 0 Å². The normalized spacial score (nSPS) is 14.3. The lowest BCUT2D eigenvalue weighted by atomic mass is 10.1. The van der Waals surface area contributed by atoms with Crippen molar-refractivity contribution < 1.29 is 23.9 Å². The molecule has 0 saturated carbocycles. The minimum atomic E-state index is -0.326. The Morgan fingerprint density at radius 3 is 2.22 bits per heavy atom. The predicted molar refractivity (Wildman–Crippen MR) is 139 cm³/mol. The van der Waals surface area contributed by atoms with E-state index < -0.39 is 0 Å². The first kappa shape index (κ1) is 24.2. The molecule has 2 aliphatic rings. The van der Waals surface area contributed by atoms with Gasteiger partial charge in [0.2, 0.25) is 5.91 Å². The molecule has 5 rings (SSSR count). The first-order valence-electron chi connectivity index (χ1n) is 12.4. The molecule has 8 heteroatoms. The van der Waals surface area contributed by atoms with Gasteiger partial charge in [-0.15, -0.1) is 0 Å². The Balaban J connectivity index is 1.16. The Hall–Kier alpha value is -4.46. The van der Waals surface area contributed by atoms with Gasteiger partial charge in [0.25, 0.3) is 17.7 Å². The minimum Gasteiger partial charge on any atom is -0.482 e. The van der Waals surface area contributed by atoms with Crippen molar-refractivity contribution in [2.45, 2.75) is 25.7 Å². The molecule has 0 radical (unpaired) electrons. The number of nitrogens with one attached hydrogen (secondary N) is 1. The number of ether oxygens (including phenoxy) is 1. The van der Waals surface area contributed by atoms with E-state index >= 15 is 0 Å². The van der Waals surface area contributed by atoms with Crippen LogP contribution in [0.3, 0.4) is 0 Å². The van der Waals surface area contributed by atoms with Gasteiger partial charge in [0.05, 0.1) is 16.8 Å². The number of hydrogen-bond acceptors (Lipinski definition) is 5. The topological polar surface area (TPSA) is 96.0 Å². The number of imide groups is 1. The molecule has 0 saturated heterocycles. The number of carbonyl (C=O) groups is 4. The second-order valence-corrected chi connectivity index (χ2v) is 9.06. The molecule has 2 aliphatic heterocycles. The average molecular weight is 498 g/mol. The standard InChI is InChI=1S/C29H27N3O5/c33-26(13-7-17-32-28(35)22-11-4-5-12-23(22)29(32)36)30-21-14-15-25-24(18-21)31(27(34)19-37-25)16-6-10-20-8-2-1-3-9-20/h1-5,8-9,11-12,14-15,18H,6-7,10,13,16-17,19H2,(H,30,33). The molecule has 8 nitrogen and oxygen atoms in total. The van der Waals surface area contributed by atoms with E-state index in [1.54, 1.807) is 47.4 Å². The molecule has 0 unspecified atom stereocenters. The molecule has 0 aliphatic carbocycles. The van der Waals surface area contributed by atoms with Gasteiger partial charge in [-0.3, -0.25) is 24.1 Å². The van der Waals surface area contributed by atoms with Crippen molar-refractivity contribution in [2.24, 2.45) is 0 Å². The van der Waals surface area contributed by atoms with Crippen molar-refractivity contribution in [3.05, 3.63) is 89.5 Å². The van der Waals surface area contributed by atoms with Crippen LogP contribution in [0.25, 0.3) is 0 Å². The van der Waals surface area contributed by atoms with Gasteiger partial charge in [0.15, 0.2) is 6.61 Å². The molecule has 3 aromatic carbocycles. The summed E-state index contributed by atoms with van der Waals surface area (Å²) in [5.74, 6) is -0.413. The molecular formula is C29H27N3O5. The van der Waals surface area contributed by atoms with Crippen LogP contribution in [0.2, 0.25) is 0 Å². The van der Waals surface area contributed by atoms with E-state index in [0.717, 1.165) is 12.8 Å². The molecular weight excluding hydrogens is 470 g/mol. The number of fused-ring (bicyclic) bond motifs is 2. The van der Waals surface area contributed by atoms with Crippen molar-refractivity contribution in [3.63, 3.8) is 0 Å². The summed E-state index contributed by atoms with van der Waals surface area (Å²) in [6.07, 6.45) is 2.13.